The molecule has 0 saturated carbocycles. The van der Waals surface area contributed by atoms with Gasteiger partial charge in [-0.25, -0.2) is 4.98 Å². The maximum atomic E-state index is 12.6. The molecule has 2 aromatic heterocycles. The van der Waals surface area contributed by atoms with E-state index in [-0.39, 0.29) is 23.3 Å². The number of thiazole rings is 1. The number of aromatic nitrogens is 5. The lowest BCUT2D eigenvalue weighted by Gasteiger charge is -2.10. The van der Waals surface area contributed by atoms with Crippen LogP contribution in [0.4, 0.5) is 11.4 Å². The summed E-state index contributed by atoms with van der Waals surface area (Å²) in [5, 5.41) is 18.2. The summed E-state index contributed by atoms with van der Waals surface area (Å²) in [5.74, 6) is 0.177. The Bertz CT molecular complexity index is 1580. The molecule has 0 aliphatic carbocycles. The molecule has 12 heteroatoms. The summed E-state index contributed by atoms with van der Waals surface area (Å²) in [7, 11) is 0. The van der Waals surface area contributed by atoms with Gasteiger partial charge < -0.3 is 10.6 Å². The molecule has 38 heavy (non-hydrogen) atoms. The number of benzene rings is 3. The van der Waals surface area contributed by atoms with Crippen LogP contribution in [-0.2, 0) is 9.59 Å². The first-order valence-electron chi connectivity index (χ1n) is 11.6. The molecule has 0 aliphatic rings. The van der Waals surface area contributed by atoms with Crippen LogP contribution in [0.25, 0.3) is 15.9 Å². The predicted molar refractivity (Wildman–Crippen MR) is 153 cm³/mol. The van der Waals surface area contributed by atoms with E-state index in [4.69, 9.17) is 0 Å². The highest BCUT2D eigenvalue weighted by Gasteiger charge is 2.14. The normalized spacial score (nSPS) is 11.0. The fraction of sp³-hybridized carbons (Fsp3) is 0.154. The average molecular weight is 562 g/mol. The number of carbonyl (C=O) groups excluding carboxylic acids is 2. The van der Waals surface area contributed by atoms with Gasteiger partial charge >= 0.3 is 0 Å². The van der Waals surface area contributed by atoms with E-state index in [1.165, 1.54) is 34.9 Å². The zero-order chi connectivity index (χ0) is 26.5. The monoisotopic (exact) mass is 561 g/mol. The van der Waals surface area contributed by atoms with Crippen molar-refractivity contribution in [2.75, 3.05) is 22.1 Å². The highest BCUT2D eigenvalue weighted by molar-refractivity contribution is 8.01. The first-order chi connectivity index (χ1) is 18.5. The number of rotatable bonds is 9. The molecule has 0 fully saturated rings. The number of anilines is 2. The van der Waals surface area contributed by atoms with Crippen molar-refractivity contribution in [2.24, 2.45) is 0 Å². The van der Waals surface area contributed by atoms with Gasteiger partial charge in [-0.15, -0.1) is 16.4 Å². The zero-order valence-electron chi connectivity index (χ0n) is 20.5. The number of aryl methyl sites for hydroxylation is 2. The molecule has 3 aromatic carbocycles. The molecule has 5 aromatic rings. The van der Waals surface area contributed by atoms with Crippen LogP contribution in [-0.4, -0.2) is 48.5 Å². The van der Waals surface area contributed by atoms with Gasteiger partial charge in [0, 0.05) is 11.4 Å². The van der Waals surface area contributed by atoms with Crippen LogP contribution in [0.3, 0.4) is 0 Å². The number of nitrogens with one attached hydrogen (secondary N) is 2. The van der Waals surface area contributed by atoms with Gasteiger partial charge in [0.05, 0.1) is 27.4 Å². The van der Waals surface area contributed by atoms with E-state index in [0.29, 0.717) is 10.8 Å². The quantitative estimate of drug-likeness (QED) is 0.232. The van der Waals surface area contributed by atoms with Crippen LogP contribution in [0.1, 0.15) is 11.1 Å². The maximum absolute atomic E-state index is 12.6. The number of tetrazole rings is 1. The Labute approximate surface area is 231 Å². The number of hydrogen-bond donors (Lipinski definition) is 2. The topological polar surface area (TPSA) is 115 Å². The lowest BCUT2D eigenvalue weighted by atomic mass is 10.1. The summed E-state index contributed by atoms with van der Waals surface area (Å²) >= 11 is 4.14. The Hall–Kier alpha value is -3.74. The van der Waals surface area contributed by atoms with E-state index in [0.717, 1.165) is 37.1 Å². The van der Waals surface area contributed by atoms with Crippen molar-refractivity contribution in [1.82, 2.24) is 25.2 Å². The third-order valence-electron chi connectivity index (χ3n) is 5.50. The fourth-order valence-electron chi connectivity index (χ4n) is 3.68. The molecular weight excluding hydrogens is 539 g/mol. The van der Waals surface area contributed by atoms with Crippen molar-refractivity contribution in [3.63, 3.8) is 0 Å². The number of carbonyl (C=O) groups is 2. The van der Waals surface area contributed by atoms with Crippen LogP contribution in [0.2, 0.25) is 0 Å². The van der Waals surface area contributed by atoms with Crippen molar-refractivity contribution in [2.45, 2.75) is 23.3 Å². The van der Waals surface area contributed by atoms with Crippen molar-refractivity contribution in [1.29, 1.82) is 0 Å². The molecule has 5 rings (SSSR count). The fourth-order valence-corrected chi connectivity index (χ4v) is 6.28. The second kappa shape index (κ2) is 11.8. The minimum absolute atomic E-state index is 0.0737. The highest BCUT2D eigenvalue weighted by Crippen LogP contribution is 2.32. The van der Waals surface area contributed by atoms with E-state index in [9.17, 15) is 9.59 Å². The van der Waals surface area contributed by atoms with Crippen molar-refractivity contribution in [3.05, 3.63) is 77.9 Å². The number of fused-ring (bicyclic) bond motifs is 1. The Morgan fingerprint density at radius 2 is 1.63 bits per heavy atom. The Morgan fingerprint density at radius 3 is 2.42 bits per heavy atom. The molecule has 0 spiro atoms. The summed E-state index contributed by atoms with van der Waals surface area (Å²) in [6.07, 6.45) is 0. The molecule has 9 nitrogen and oxygen atoms in total. The average Bonchev–Trinajstić information content (AvgIpc) is 3.55. The molecule has 0 radical (unpaired) electrons. The summed E-state index contributed by atoms with van der Waals surface area (Å²) in [4.78, 5) is 29.7. The standard InChI is InChI=1S/C26H23N7O2S3/c1-16-7-6-8-17(2)24(16)29-23(35)15-37-26-28-20-12-11-18(13-21(20)38-26)27-22(34)14-36-25-30-31-32-33(25)19-9-4-3-5-10-19/h3-13H,14-15H2,1-2H3,(H,27,34)(H,29,35). The Balaban J connectivity index is 1.16. The number of hydrogen-bond acceptors (Lipinski definition) is 9. The second-order valence-corrected chi connectivity index (χ2v) is 11.5. The van der Waals surface area contributed by atoms with E-state index in [2.05, 4.69) is 31.1 Å². The number of amides is 2. The number of nitrogens with zero attached hydrogens (tertiary/aromatic N) is 5. The van der Waals surface area contributed by atoms with Crippen LogP contribution >= 0.6 is 34.9 Å². The predicted octanol–water partition coefficient (Wildman–Crippen LogP) is 5.35. The largest absolute Gasteiger partial charge is 0.325 e. The second-order valence-electron chi connectivity index (χ2n) is 8.31. The highest BCUT2D eigenvalue weighted by atomic mass is 32.2. The van der Waals surface area contributed by atoms with Gasteiger partial charge in [0.25, 0.3) is 0 Å². The summed E-state index contributed by atoms with van der Waals surface area (Å²) in [5.41, 5.74) is 5.25. The van der Waals surface area contributed by atoms with E-state index >= 15 is 0 Å². The summed E-state index contributed by atoms with van der Waals surface area (Å²) in [6.45, 7) is 3.96. The summed E-state index contributed by atoms with van der Waals surface area (Å²) in [6, 6.07) is 21.0. The summed E-state index contributed by atoms with van der Waals surface area (Å²) < 4.78 is 3.33. The van der Waals surface area contributed by atoms with Crippen LogP contribution in [0.5, 0.6) is 0 Å². The minimum atomic E-state index is -0.167. The van der Waals surface area contributed by atoms with E-state index in [1.54, 1.807) is 4.68 Å². The molecule has 2 amide bonds. The molecule has 2 heterocycles. The minimum Gasteiger partial charge on any atom is -0.325 e. The van der Waals surface area contributed by atoms with Gasteiger partial charge in [-0.2, -0.15) is 4.68 Å². The van der Waals surface area contributed by atoms with E-state index < -0.39 is 0 Å². The first-order valence-corrected chi connectivity index (χ1v) is 14.4. The van der Waals surface area contributed by atoms with Gasteiger partial charge in [0.1, 0.15) is 0 Å². The molecule has 192 valence electrons. The lowest BCUT2D eigenvalue weighted by molar-refractivity contribution is -0.114. The van der Waals surface area contributed by atoms with Crippen LogP contribution in [0, 0.1) is 13.8 Å². The third-order valence-corrected chi connectivity index (χ3v) is 8.58. The smallest absolute Gasteiger partial charge is 0.234 e. The zero-order valence-corrected chi connectivity index (χ0v) is 23.0. The van der Waals surface area contributed by atoms with E-state index in [1.807, 2.05) is 80.6 Å². The van der Waals surface area contributed by atoms with Gasteiger partial charge in [-0.3, -0.25) is 9.59 Å². The van der Waals surface area contributed by atoms with Crippen molar-refractivity contribution < 1.29 is 9.59 Å². The van der Waals surface area contributed by atoms with Crippen LogP contribution in [0.15, 0.2) is 76.2 Å². The molecule has 2 N–H and O–H groups in total. The van der Waals surface area contributed by atoms with Crippen molar-refractivity contribution in [3.8, 4) is 5.69 Å². The number of thioether (sulfide) groups is 2. The molecule has 0 bridgehead atoms. The third kappa shape index (κ3) is 6.21. The van der Waals surface area contributed by atoms with Gasteiger partial charge in [0.15, 0.2) is 4.34 Å². The molecular formula is C26H23N7O2S3. The lowest BCUT2D eigenvalue weighted by Crippen LogP contribution is -2.15. The molecule has 0 atom stereocenters. The molecule has 0 saturated heterocycles. The number of para-hydroxylation sites is 2. The van der Waals surface area contributed by atoms with Crippen LogP contribution < -0.4 is 10.6 Å². The first kappa shape index (κ1) is 25.9. The van der Waals surface area contributed by atoms with Gasteiger partial charge in [-0.1, -0.05) is 59.9 Å². The Morgan fingerprint density at radius 1 is 0.895 bits per heavy atom. The Kier molecular flexibility index (Phi) is 8.01. The van der Waals surface area contributed by atoms with Gasteiger partial charge in [0.2, 0.25) is 17.0 Å². The SMILES string of the molecule is Cc1cccc(C)c1NC(=O)CSc1nc2ccc(NC(=O)CSc3nnnn3-c3ccccc3)cc2s1. The van der Waals surface area contributed by atoms with Crippen molar-refractivity contribution >= 4 is 68.3 Å². The maximum Gasteiger partial charge on any atom is 0.234 e. The molecule has 0 aliphatic heterocycles. The molecule has 0 unspecified atom stereocenters. The van der Waals surface area contributed by atoms with Gasteiger partial charge in [-0.05, 0) is 65.7 Å².